The van der Waals surface area contributed by atoms with Crippen LogP contribution in [-0.4, -0.2) is 66.4 Å². The molecule has 2 fully saturated rings. The van der Waals surface area contributed by atoms with Crippen LogP contribution >= 0.6 is 0 Å². The van der Waals surface area contributed by atoms with Gasteiger partial charge in [0, 0.05) is 45.8 Å². The lowest BCUT2D eigenvalue weighted by Crippen LogP contribution is -2.41. The number of likely N-dealkylation sites (N-methyl/N-ethyl adjacent to an activating group) is 1. The van der Waals surface area contributed by atoms with Gasteiger partial charge in [0.25, 0.3) is 0 Å². The molecule has 21 heavy (non-hydrogen) atoms. The highest BCUT2D eigenvalue weighted by Gasteiger charge is 2.42. The molecule has 0 N–H and O–H groups in total. The van der Waals surface area contributed by atoms with Gasteiger partial charge in [-0.2, -0.15) is 0 Å². The van der Waals surface area contributed by atoms with Crippen molar-refractivity contribution in [1.82, 2.24) is 14.7 Å². The van der Waals surface area contributed by atoms with Crippen LogP contribution in [0.2, 0.25) is 0 Å². The summed E-state index contributed by atoms with van der Waals surface area (Å²) < 4.78 is 0. The molecule has 4 heteroatoms. The van der Waals surface area contributed by atoms with E-state index in [0.29, 0.717) is 18.6 Å². The molecule has 2 atom stereocenters. The zero-order valence-electron chi connectivity index (χ0n) is 13.0. The second-order valence-electron chi connectivity index (χ2n) is 6.43. The number of amides is 1. The summed E-state index contributed by atoms with van der Waals surface area (Å²) >= 11 is 0. The molecule has 2 aliphatic heterocycles. The first-order valence-corrected chi connectivity index (χ1v) is 7.87. The number of hydrogen-bond donors (Lipinski definition) is 0. The molecule has 1 aromatic carbocycles. The van der Waals surface area contributed by atoms with E-state index in [1.54, 1.807) is 4.90 Å². The Balaban J connectivity index is 1.60. The van der Waals surface area contributed by atoms with Crippen LogP contribution < -0.4 is 0 Å². The lowest BCUT2D eigenvalue weighted by atomic mass is 10.1. The van der Waals surface area contributed by atoms with Crippen LogP contribution in [0.15, 0.2) is 30.3 Å². The summed E-state index contributed by atoms with van der Waals surface area (Å²) in [5.74, 6) is 0.220. The molecule has 0 saturated carbocycles. The number of fused-ring (bicyclic) bond motifs is 1. The van der Waals surface area contributed by atoms with Gasteiger partial charge in [0.15, 0.2) is 0 Å². The predicted molar refractivity (Wildman–Crippen MR) is 83.9 cm³/mol. The summed E-state index contributed by atoms with van der Waals surface area (Å²) in [4.78, 5) is 18.6. The predicted octanol–water partition coefficient (Wildman–Crippen LogP) is 1.42. The third-order valence-corrected chi connectivity index (χ3v) is 4.87. The summed E-state index contributed by atoms with van der Waals surface area (Å²) in [6, 6.07) is 11.9. The molecular formula is C17H25N3O. The summed E-state index contributed by atoms with van der Waals surface area (Å²) in [5, 5.41) is 0. The largest absolute Gasteiger partial charge is 0.348 e. The normalized spacial score (nSPS) is 26.0. The number of nitrogens with zero attached hydrogens (tertiary/aromatic N) is 3. The summed E-state index contributed by atoms with van der Waals surface area (Å²) in [6.45, 7) is 3.82. The van der Waals surface area contributed by atoms with Gasteiger partial charge in [-0.25, -0.2) is 0 Å². The average Bonchev–Trinajstić information content (AvgIpc) is 3.04. The zero-order chi connectivity index (χ0) is 14.8. The van der Waals surface area contributed by atoms with E-state index < -0.39 is 0 Å². The van der Waals surface area contributed by atoms with Crippen LogP contribution in [0.3, 0.4) is 0 Å². The maximum absolute atomic E-state index is 11.9. The Hall–Kier alpha value is -1.39. The van der Waals surface area contributed by atoms with Gasteiger partial charge < -0.3 is 4.90 Å². The van der Waals surface area contributed by atoms with Gasteiger partial charge in [-0.05, 0) is 18.4 Å². The molecule has 2 saturated heterocycles. The zero-order valence-corrected chi connectivity index (χ0v) is 13.0. The first-order chi connectivity index (χ1) is 10.1. The molecule has 2 heterocycles. The van der Waals surface area contributed by atoms with Gasteiger partial charge in [0.05, 0.1) is 6.54 Å². The van der Waals surface area contributed by atoms with Crippen LogP contribution in [0.25, 0.3) is 0 Å². The fraction of sp³-hybridized carbons (Fsp3) is 0.588. The average molecular weight is 287 g/mol. The summed E-state index contributed by atoms with van der Waals surface area (Å²) in [7, 11) is 3.68. The molecule has 1 amide bonds. The molecule has 1 aromatic rings. The van der Waals surface area contributed by atoms with Crippen LogP contribution in [0.4, 0.5) is 0 Å². The first-order valence-electron chi connectivity index (χ1n) is 7.87. The van der Waals surface area contributed by atoms with E-state index in [1.807, 2.05) is 14.1 Å². The highest BCUT2D eigenvalue weighted by atomic mass is 16.2. The Bertz CT molecular complexity index is 488. The lowest BCUT2D eigenvalue weighted by molar-refractivity contribution is -0.130. The number of likely N-dealkylation sites (tertiary alicyclic amines) is 2. The van der Waals surface area contributed by atoms with Crippen molar-refractivity contribution in [2.75, 3.05) is 33.7 Å². The van der Waals surface area contributed by atoms with Crippen molar-refractivity contribution in [1.29, 1.82) is 0 Å². The highest BCUT2D eigenvalue weighted by molar-refractivity contribution is 5.77. The second-order valence-corrected chi connectivity index (χ2v) is 6.43. The number of carbonyl (C=O) groups excluding carboxylic acids is 1. The van der Waals surface area contributed by atoms with Gasteiger partial charge in [-0.3, -0.25) is 14.6 Å². The highest BCUT2D eigenvalue weighted by Crippen LogP contribution is 2.32. The topological polar surface area (TPSA) is 26.8 Å². The third-order valence-electron chi connectivity index (χ3n) is 4.87. The Labute approximate surface area is 127 Å². The second kappa shape index (κ2) is 6.16. The van der Waals surface area contributed by atoms with Crippen molar-refractivity contribution in [3.05, 3.63) is 35.9 Å². The fourth-order valence-electron chi connectivity index (χ4n) is 3.69. The molecule has 0 radical (unpaired) electrons. The van der Waals surface area contributed by atoms with Crippen LogP contribution in [0.5, 0.6) is 0 Å². The minimum absolute atomic E-state index is 0.220. The quantitative estimate of drug-likeness (QED) is 0.838. The van der Waals surface area contributed by atoms with E-state index in [4.69, 9.17) is 0 Å². The molecule has 2 aliphatic rings. The number of benzene rings is 1. The summed E-state index contributed by atoms with van der Waals surface area (Å²) in [6.07, 6.45) is 2.39. The van der Waals surface area contributed by atoms with E-state index in [0.717, 1.165) is 19.6 Å². The van der Waals surface area contributed by atoms with Gasteiger partial charge >= 0.3 is 0 Å². The van der Waals surface area contributed by atoms with Crippen LogP contribution in [-0.2, 0) is 11.3 Å². The Morgan fingerprint density at radius 3 is 2.38 bits per heavy atom. The van der Waals surface area contributed by atoms with Gasteiger partial charge in [-0.1, -0.05) is 30.3 Å². The monoisotopic (exact) mass is 287 g/mol. The SMILES string of the molecule is CN(C)C(=O)CN1CC[C@H]2[C@@H]1CCN2Cc1ccccc1. The molecule has 0 spiro atoms. The van der Waals surface area contributed by atoms with Gasteiger partial charge in [-0.15, -0.1) is 0 Å². The molecule has 3 rings (SSSR count). The molecule has 0 unspecified atom stereocenters. The molecule has 114 valence electrons. The molecule has 4 nitrogen and oxygen atoms in total. The van der Waals surface area contributed by atoms with Crippen molar-refractivity contribution in [3.8, 4) is 0 Å². The molecule has 0 bridgehead atoms. The smallest absolute Gasteiger partial charge is 0.236 e. The number of hydrogen-bond acceptors (Lipinski definition) is 3. The van der Waals surface area contributed by atoms with Crippen molar-refractivity contribution >= 4 is 5.91 Å². The number of carbonyl (C=O) groups is 1. The van der Waals surface area contributed by atoms with E-state index in [-0.39, 0.29) is 5.91 Å². The Morgan fingerprint density at radius 1 is 1.10 bits per heavy atom. The first kappa shape index (κ1) is 14.5. The van der Waals surface area contributed by atoms with Gasteiger partial charge in [0.1, 0.15) is 0 Å². The van der Waals surface area contributed by atoms with Crippen molar-refractivity contribution < 1.29 is 4.79 Å². The van der Waals surface area contributed by atoms with Crippen molar-refractivity contribution in [3.63, 3.8) is 0 Å². The van der Waals surface area contributed by atoms with Crippen molar-refractivity contribution in [2.24, 2.45) is 0 Å². The molecular weight excluding hydrogens is 262 g/mol. The third kappa shape index (κ3) is 3.11. The summed E-state index contributed by atoms with van der Waals surface area (Å²) in [5.41, 5.74) is 1.39. The fourth-order valence-corrected chi connectivity index (χ4v) is 3.69. The van der Waals surface area contributed by atoms with Gasteiger partial charge in [0.2, 0.25) is 5.91 Å². The maximum Gasteiger partial charge on any atom is 0.236 e. The van der Waals surface area contributed by atoms with E-state index in [1.165, 1.54) is 18.4 Å². The van der Waals surface area contributed by atoms with Crippen LogP contribution in [0, 0.1) is 0 Å². The Kier molecular flexibility index (Phi) is 4.27. The van der Waals surface area contributed by atoms with E-state index in [2.05, 4.69) is 40.1 Å². The van der Waals surface area contributed by atoms with E-state index >= 15 is 0 Å². The van der Waals surface area contributed by atoms with Crippen LogP contribution in [0.1, 0.15) is 18.4 Å². The molecule has 0 aromatic heterocycles. The van der Waals surface area contributed by atoms with E-state index in [9.17, 15) is 4.79 Å². The minimum atomic E-state index is 0.220. The Morgan fingerprint density at radius 2 is 1.71 bits per heavy atom. The van der Waals surface area contributed by atoms with Crippen molar-refractivity contribution in [2.45, 2.75) is 31.5 Å². The lowest BCUT2D eigenvalue weighted by Gasteiger charge is -2.26. The number of rotatable bonds is 4. The molecule has 0 aliphatic carbocycles. The minimum Gasteiger partial charge on any atom is -0.348 e. The standard InChI is InChI=1S/C17H25N3O/c1-18(2)17(21)13-20-11-9-15-16(20)8-10-19(15)12-14-6-4-3-5-7-14/h3-7,15-16H,8-13H2,1-2H3/t15-,16-/m0/s1. The maximum atomic E-state index is 11.9.